The van der Waals surface area contributed by atoms with Crippen molar-refractivity contribution in [3.8, 4) is 11.3 Å². The molecule has 0 spiro atoms. The van der Waals surface area contributed by atoms with Crippen molar-refractivity contribution in [2.75, 3.05) is 0 Å². The van der Waals surface area contributed by atoms with Crippen LogP contribution in [0.25, 0.3) is 17.4 Å². The van der Waals surface area contributed by atoms with Gasteiger partial charge < -0.3 is 4.42 Å². The lowest BCUT2D eigenvalue weighted by molar-refractivity contribution is -0.384. The van der Waals surface area contributed by atoms with Gasteiger partial charge in [0.2, 0.25) is 0 Å². The van der Waals surface area contributed by atoms with Crippen LogP contribution in [0.4, 0.5) is 10.1 Å². The van der Waals surface area contributed by atoms with Crippen LogP contribution in [0.2, 0.25) is 0 Å². The number of nitrogens with zero attached hydrogens (tertiary/aromatic N) is 1. The lowest BCUT2D eigenvalue weighted by atomic mass is 10.1. The summed E-state index contributed by atoms with van der Waals surface area (Å²) in [6.07, 6.45) is 2.16. The highest BCUT2D eigenvalue weighted by Crippen LogP contribution is 2.33. The molecule has 1 aliphatic carbocycles. The maximum absolute atomic E-state index is 13.3. The average Bonchev–Trinajstić information content (AvgIpc) is 3.21. The molecule has 5 nitrogen and oxygen atoms in total. The first-order valence-corrected chi connectivity index (χ1v) is 7.90. The second kappa shape index (κ2) is 6.07. The Morgan fingerprint density at radius 1 is 1.08 bits per heavy atom. The maximum Gasteiger partial charge on any atom is 0.283 e. The van der Waals surface area contributed by atoms with Crippen molar-refractivity contribution in [3.63, 3.8) is 0 Å². The van der Waals surface area contributed by atoms with Gasteiger partial charge in [-0.2, -0.15) is 0 Å². The van der Waals surface area contributed by atoms with Crippen LogP contribution in [-0.4, -0.2) is 10.7 Å². The van der Waals surface area contributed by atoms with E-state index in [0.717, 1.165) is 17.7 Å². The minimum atomic E-state index is -0.691. The molecular formula is C20H12FNO4. The Labute approximate surface area is 147 Å². The summed E-state index contributed by atoms with van der Waals surface area (Å²) in [6.45, 7) is 0. The molecule has 0 bridgehead atoms. The molecule has 0 N–H and O–H groups in total. The van der Waals surface area contributed by atoms with Crippen LogP contribution >= 0.6 is 0 Å². The zero-order valence-corrected chi connectivity index (χ0v) is 13.4. The van der Waals surface area contributed by atoms with Gasteiger partial charge in [-0.15, -0.1) is 0 Å². The molecule has 2 aromatic carbocycles. The molecule has 128 valence electrons. The molecular weight excluding hydrogens is 337 g/mol. The van der Waals surface area contributed by atoms with Gasteiger partial charge in [0.15, 0.2) is 5.78 Å². The minimum Gasteiger partial charge on any atom is -0.456 e. The van der Waals surface area contributed by atoms with E-state index in [2.05, 4.69) is 0 Å². The van der Waals surface area contributed by atoms with Gasteiger partial charge in [-0.05, 0) is 35.9 Å². The van der Waals surface area contributed by atoms with E-state index in [0.29, 0.717) is 23.3 Å². The van der Waals surface area contributed by atoms with E-state index in [-0.39, 0.29) is 22.8 Å². The number of nitro groups is 1. The summed E-state index contributed by atoms with van der Waals surface area (Å²) in [6, 6.07) is 13.9. The third kappa shape index (κ3) is 2.71. The van der Waals surface area contributed by atoms with Gasteiger partial charge in [0, 0.05) is 17.6 Å². The second-order valence-corrected chi connectivity index (χ2v) is 5.95. The Morgan fingerprint density at radius 3 is 2.65 bits per heavy atom. The number of furan rings is 1. The quantitative estimate of drug-likeness (QED) is 0.386. The minimum absolute atomic E-state index is 0.0497. The highest BCUT2D eigenvalue weighted by molar-refractivity contribution is 6.15. The van der Waals surface area contributed by atoms with Crippen LogP contribution in [-0.2, 0) is 6.42 Å². The number of carbonyl (C=O) groups is 1. The molecule has 1 aromatic heterocycles. The van der Waals surface area contributed by atoms with Crippen LogP contribution in [0.5, 0.6) is 0 Å². The first kappa shape index (κ1) is 16.0. The van der Waals surface area contributed by atoms with E-state index in [1.807, 2.05) is 18.2 Å². The van der Waals surface area contributed by atoms with E-state index in [1.165, 1.54) is 6.07 Å². The molecule has 1 heterocycles. The van der Waals surface area contributed by atoms with Crippen LogP contribution in [0, 0.1) is 15.9 Å². The summed E-state index contributed by atoms with van der Waals surface area (Å²) in [5, 5.41) is 11.1. The fourth-order valence-electron chi connectivity index (χ4n) is 3.08. The first-order chi connectivity index (χ1) is 12.5. The van der Waals surface area contributed by atoms with Crippen LogP contribution < -0.4 is 0 Å². The van der Waals surface area contributed by atoms with E-state index < -0.39 is 10.7 Å². The van der Waals surface area contributed by atoms with Crippen molar-refractivity contribution >= 4 is 17.5 Å². The van der Waals surface area contributed by atoms with E-state index in [9.17, 15) is 19.3 Å². The Morgan fingerprint density at radius 2 is 1.88 bits per heavy atom. The normalized spacial score (nSPS) is 14.7. The number of halogens is 1. The van der Waals surface area contributed by atoms with Crippen molar-refractivity contribution in [2.45, 2.75) is 6.42 Å². The number of carbonyl (C=O) groups excluding carboxylic acids is 1. The van der Waals surface area contributed by atoms with Gasteiger partial charge in [-0.3, -0.25) is 14.9 Å². The molecule has 0 radical (unpaired) electrons. The third-order valence-electron chi connectivity index (χ3n) is 4.30. The maximum atomic E-state index is 13.3. The molecule has 0 amide bonds. The Balaban J connectivity index is 1.69. The molecule has 3 aromatic rings. The van der Waals surface area contributed by atoms with Crippen molar-refractivity contribution in [3.05, 3.63) is 93.0 Å². The third-order valence-corrected chi connectivity index (χ3v) is 4.30. The Bertz CT molecular complexity index is 1080. The fourth-order valence-corrected chi connectivity index (χ4v) is 3.08. The molecule has 0 unspecified atom stereocenters. The standard InChI is InChI=1S/C20H12FNO4/c21-14-5-7-17(18(11-14)22(24)25)19-8-6-15(26-19)10-13-9-12-3-1-2-4-16(12)20(13)23/h1-8,10-11H,9H2/b13-10+. The number of Topliss-reactive ketones (excluding diaryl/α,β-unsaturated/α-hetero) is 1. The molecule has 26 heavy (non-hydrogen) atoms. The van der Waals surface area contributed by atoms with E-state index in [1.54, 1.807) is 24.3 Å². The topological polar surface area (TPSA) is 73.3 Å². The molecule has 4 rings (SSSR count). The number of hydrogen-bond acceptors (Lipinski definition) is 4. The number of benzene rings is 2. The van der Waals surface area contributed by atoms with Crippen LogP contribution in [0.3, 0.4) is 0 Å². The summed E-state index contributed by atoms with van der Waals surface area (Å²) >= 11 is 0. The number of hydrogen-bond donors (Lipinski definition) is 0. The van der Waals surface area contributed by atoms with Crippen molar-refractivity contribution in [2.24, 2.45) is 0 Å². The molecule has 1 aliphatic rings. The predicted octanol–water partition coefficient (Wildman–Crippen LogP) is 4.82. The summed E-state index contributed by atoms with van der Waals surface area (Å²) in [4.78, 5) is 22.9. The molecule has 6 heteroatoms. The largest absolute Gasteiger partial charge is 0.456 e. The van der Waals surface area contributed by atoms with Crippen LogP contribution in [0.1, 0.15) is 21.7 Å². The Hall–Kier alpha value is -3.54. The summed E-state index contributed by atoms with van der Waals surface area (Å²) in [5.74, 6) is -0.0868. The van der Waals surface area contributed by atoms with Gasteiger partial charge in [0.05, 0.1) is 16.6 Å². The number of ketones is 1. The smallest absolute Gasteiger partial charge is 0.283 e. The average molecular weight is 349 g/mol. The molecule has 0 saturated heterocycles. The van der Waals surface area contributed by atoms with Gasteiger partial charge in [-0.25, -0.2) is 4.39 Å². The van der Waals surface area contributed by atoms with Crippen molar-refractivity contribution in [1.82, 2.24) is 0 Å². The second-order valence-electron chi connectivity index (χ2n) is 5.95. The lowest BCUT2D eigenvalue weighted by Crippen LogP contribution is -1.94. The van der Waals surface area contributed by atoms with Crippen molar-refractivity contribution in [1.29, 1.82) is 0 Å². The number of fused-ring (bicyclic) bond motifs is 1. The molecule has 0 saturated carbocycles. The fraction of sp³-hybridized carbons (Fsp3) is 0.0500. The first-order valence-electron chi connectivity index (χ1n) is 7.90. The van der Waals surface area contributed by atoms with Crippen molar-refractivity contribution < 1.29 is 18.5 Å². The van der Waals surface area contributed by atoms with Gasteiger partial charge in [-0.1, -0.05) is 24.3 Å². The highest BCUT2D eigenvalue weighted by Gasteiger charge is 2.25. The molecule has 0 fully saturated rings. The molecule has 0 aliphatic heterocycles. The Kier molecular flexibility index (Phi) is 3.73. The van der Waals surface area contributed by atoms with E-state index >= 15 is 0 Å². The number of allylic oxidation sites excluding steroid dienone is 1. The summed E-state index contributed by atoms with van der Waals surface area (Å²) in [5.41, 5.74) is 2.05. The number of nitro benzene ring substituents is 1. The van der Waals surface area contributed by atoms with E-state index in [4.69, 9.17) is 4.42 Å². The predicted molar refractivity (Wildman–Crippen MR) is 93.2 cm³/mol. The summed E-state index contributed by atoms with van der Waals surface area (Å²) < 4.78 is 18.9. The van der Waals surface area contributed by atoms with Crippen LogP contribution in [0.15, 0.2) is 64.6 Å². The SMILES string of the molecule is O=C1/C(=C/c2ccc(-c3ccc(F)cc3[N+](=O)[O-])o2)Cc2ccccc21. The van der Waals surface area contributed by atoms with Gasteiger partial charge in [0.25, 0.3) is 5.69 Å². The summed E-state index contributed by atoms with van der Waals surface area (Å²) in [7, 11) is 0. The van der Waals surface area contributed by atoms with Gasteiger partial charge in [0.1, 0.15) is 17.3 Å². The zero-order chi connectivity index (χ0) is 18.3. The molecule has 0 atom stereocenters. The zero-order valence-electron chi connectivity index (χ0n) is 13.4. The monoisotopic (exact) mass is 349 g/mol. The number of rotatable bonds is 3. The highest BCUT2D eigenvalue weighted by atomic mass is 19.1. The lowest BCUT2D eigenvalue weighted by Gasteiger charge is -2.00. The van der Waals surface area contributed by atoms with Gasteiger partial charge >= 0.3 is 0 Å².